The minimum Gasteiger partial charge on any atom is -0.350 e. The molecule has 1 fully saturated rings. The standard InChI is InChI=1S/C13H18BrN3O/c1-17-7-6-15-8-10(17)9-16-13(18)11-4-2-3-5-12(11)14/h2-5,10,15H,6-9H2,1H3,(H,16,18). The van der Waals surface area contributed by atoms with Gasteiger partial charge in [0.2, 0.25) is 0 Å². The van der Waals surface area contributed by atoms with Crippen LogP contribution in [0.2, 0.25) is 0 Å². The zero-order valence-electron chi connectivity index (χ0n) is 10.4. The van der Waals surface area contributed by atoms with Gasteiger partial charge in [0.05, 0.1) is 5.56 Å². The Hall–Kier alpha value is -0.910. The molecule has 0 bridgehead atoms. The molecule has 0 radical (unpaired) electrons. The van der Waals surface area contributed by atoms with Gasteiger partial charge in [-0.2, -0.15) is 0 Å². The zero-order chi connectivity index (χ0) is 13.0. The summed E-state index contributed by atoms with van der Waals surface area (Å²) in [5.74, 6) is -0.0264. The number of carbonyl (C=O) groups is 1. The van der Waals surface area contributed by atoms with Gasteiger partial charge in [0.15, 0.2) is 0 Å². The van der Waals surface area contributed by atoms with E-state index in [4.69, 9.17) is 0 Å². The lowest BCUT2D eigenvalue weighted by atomic mass is 10.2. The summed E-state index contributed by atoms with van der Waals surface area (Å²) in [6, 6.07) is 7.84. The highest BCUT2D eigenvalue weighted by atomic mass is 79.9. The molecule has 2 rings (SSSR count). The Morgan fingerprint density at radius 1 is 1.56 bits per heavy atom. The summed E-state index contributed by atoms with van der Waals surface area (Å²) in [6.45, 7) is 3.64. The van der Waals surface area contributed by atoms with Gasteiger partial charge < -0.3 is 10.6 Å². The number of hydrogen-bond acceptors (Lipinski definition) is 3. The molecule has 18 heavy (non-hydrogen) atoms. The van der Waals surface area contributed by atoms with Crippen LogP contribution < -0.4 is 10.6 Å². The van der Waals surface area contributed by atoms with Gasteiger partial charge in [0.1, 0.15) is 0 Å². The Morgan fingerprint density at radius 3 is 3.06 bits per heavy atom. The maximum absolute atomic E-state index is 12.0. The first kappa shape index (κ1) is 13.5. The minimum absolute atomic E-state index is 0.0264. The summed E-state index contributed by atoms with van der Waals surface area (Å²) in [5.41, 5.74) is 0.684. The molecular formula is C13H18BrN3O. The number of nitrogens with zero attached hydrogens (tertiary/aromatic N) is 1. The maximum atomic E-state index is 12.0. The van der Waals surface area contributed by atoms with Crippen molar-refractivity contribution in [1.82, 2.24) is 15.5 Å². The average molecular weight is 312 g/mol. The van der Waals surface area contributed by atoms with Crippen LogP contribution in [0.15, 0.2) is 28.7 Å². The van der Waals surface area contributed by atoms with Crippen molar-refractivity contribution in [2.24, 2.45) is 0 Å². The maximum Gasteiger partial charge on any atom is 0.252 e. The van der Waals surface area contributed by atoms with Crippen molar-refractivity contribution in [2.75, 3.05) is 33.2 Å². The van der Waals surface area contributed by atoms with E-state index in [0.717, 1.165) is 24.1 Å². The number of amides is 1. The molecule has 1 aromatic carbocycles. The van der Waals surface area contributed by atoms with E-state index in [0.29, 0.717) is 18.2 Å². The molecule has 0 spiro atoms. The first-order valence-electron chi connectivity index (χ1n) is 6.12. The van der Waals surface area contributed by atoms with Crippen LogP contribution in [-0.4, -0.2) is 50.1 Å². The molecule has 1 atom stereocenters. The van der Waals surface area contributed by atoms with Gasteiger partial charge in [-0.25, -0.2) is 0 Å². The van der Waals surface area contributed by atoms with Gasteiger partial charge in [-0.05, 0) is 35.1 Å². The molecule has 1 saturated heterocycles. The largest absolute Gasteiger partial charge is 0.350 e. The fourth-order valence-corrected chi connectivity index (χ4v) is 2.51. The lowest BCUT2D eigenvalue weighted by molar-refractivity contribution is 0.0932. The molecule has 98 valence electrons. The summed E-state index contributed by atoms with van der Waals surface area (Å²) in [4.78, 5) is 14.3. The summed E-state index contributed by atoms with van der Waals surface area (Å²) in [5, 5.41) is 6.33. The zero-order valence-corrected chi connectivity index (χ0v) is 12.0. The molecule has 4 nitrogen and oxygen atoms in total. The molecule has 1 aliphatic heterocycles. The molecule has 1 heterocycles. The van der Waals surface area contributed by atoms with Gasteiger partial charge in [0.25, 0.3) is 5.91 Å². The molecule has 1 unspecified atom stereocenters. The van der Waals surface area contributed by atoms with Crippen LogP contribution in [0.3, 0.4) is 0 Å². The smallest absolute Gasteiger partial charge is 0.252 e. The SMILES string of the molecule is CN1CCNCC1CNC(=O)c1ccccc1Br. The van der Waals surface area contributed by atoms with Crippen molar-refractivity contribution in [3.05, 3.63) is 34.3 Å². The van der Waals surface area contributed by atoms with Crippen molar-refractivity contribution in [2.45, 2.75) is 6.04 Å². The summed E-state index contributed by atoms with van der Waals surface area (Å²) < 4.78 is 0.831. The lowest BCUT2D eigenvalue weighted by Gasteiger charge is -2.33. The van der Waals surface area contributed by atoms with Crippen molar-refractivity contribution in [3.8, 4) is 0 Å². The van der Waals surface area contributed by atoms with Gasteiger partial charge in [-0.15, -0.1) is 0 Å². The van der Waals surface area contributed by atoms with Gasteiger partial charge in [-0.3, -0.25) is 9.69 Å². The lowest BCUT2D eigenvalue weighted by Crippen LogP contribution is -2.53. The Labute approximate surface area is 116 Å². The van der Waals surface area contributed by atoms with E-state index in [1.165, 1.54) is 0 Å². The Morgan fingerprint density at radius 2 is 2.33 bits per heavy atom. The van der Waals surface area contributed by atoms with Crippen LogP contribution in [0.5, 0.6) is 0 Å². The second kappa shape index (κ2) is 6.31. The molecule has 5 heteroatoms. The Bertz CT molecular complexity index is 424. The molecular weight excluding hydrogens is 294 g/mol. The number of hydrogen-bond donors (Lipinski definition) is 2. The number of halogens is 1. The predicted octanol–water partition coefficient (Wildman–Crippen LogP) is 1.08. The Kier molecular flexibility index (Phi) is 4.74. The topological polar surface area (TPSA) is 44.4 Å². The highest BCUT2D eigenvalue weighted by Gasteiger charge is 2.19. The van der Waals surface area contributed by atoms with Crippen LogP contribution in [0.1, 0.15) is 10.4 Å². The van der Waals surface area contributed by atoms with Crippen LogP contribution in [0.4, 0.5) is 0 Å². The molecule has 2 N–H and O–H groups in total. The first-order chi connectivity index (χ1) is 8.68. The third kappa shape index (κ3) is 3.31. The van der Waals surface area contributed by atoms with E-state index in [9.17, 15) is 4.79 Å². The van der Waals surface area contributed by atoms with Gasteiger partial charge >= 0.3 is 0 Å². The average Bonchev–Trinajstić information content (AvgIpc) is 2.38. The minimum atomic E-state index is -0.0264. The number of piperazine rings is 1. The number of likely N-dealkylation sites (N-methyl/N-ethyl adjacent to an activating group) is 1. The van der Waals surface area contributed by atoms with Gasteiger partial charge in [0, 0.05) is 36.7 Å². The van der Waals surface area contributed by atoms with E-state index < -0.39 is 0 Å². The molecule has 0 aliphatic carbocycles. The normalized spacial score (nSPS) is 20.7. The molecule has 1 amide bonds. The highest BCUT2D eigenvalue weighted by molar-refractivity contribution is 9.10. The third-order valence-electron chi connectivity index (χ3n) is 3.26. The van der Waals surface area contributed by atoms with Crippen LogP contribution in [0, 0.1) is 0 Å². The number of nitrogens with one attached hydrogen (secondary N) is 2. The molecule has 0 saturated carbocycles. The third-order valence-corrected chi connectivity index (χ3v) is 3.95. The van der Waals surface area contributed by atoms with Crippen LogP contribution in [0.25, 0.3) is 0 Å². The van der Waals surface area contributed by atoms with Gasteiger partial charge in [-0.1, -0.05) is 12.1 Å². The number of carbonyl (C=O) groups excluding carboxylic acids is 1. The molecule has 0 aromatic heterocycles. The van der Waals surface area contributed by atoms with Crippen molar-refractivity contribution in [1.29, 1.82) is 0 Å². The number of benzene rings is 1. The van der Waals surface area contributed by atoms with E-state index in [-0.39, 0.29) is 5.91 Å². The second-order valence-electron chi connectivity index (χ2n) is 4.53. The summed E-state index contributed by atoms with van der Waals surface area (Å²) in [7, 11) is 2.09. The van der Waals surface area contributed by atoms with E-state index in [1.54, 1.807) is 0 Å². The summed E-state index contributed by atoms with van der Waals surface area (Å²) in [6.07, 6.45) is 0. The quantitative estimate of drug-likeness (QED) is 0.878. The fourth-order valence-electron chi connectivity index (χ4n) is 2.04. The fraction of sp³-hybridized carbons (Fsp3) is 0.462. The van der Waals surface area contributed by atoms with Crippen LogP contribution in [-0.2, 0) is 0 Å². The van der Waals surface area contributed by atoms with Crippen molar-refractivity contribution >= 4 is 21.8 Å². The van der Waals surface area contributed by atoms with Crippen molar-refractivity contribution in [3.63, 3.8) is 0 Å². The Balaban J connectivity index is 1.90. The van der Waals surface area contributed by atoms with Crippen LogP contribution >= 0.6 is 15.9 Å². The first-order valence-corrected chi connectivity index (χ1v) is 6.91. The van der Waals surface area contributed by atoms with E-state index >= 15 is 0 Å². The van der Waals surface area contributed by atoms with E-state index in [1.807, 2.05) is 24.3 Å². The summed E-state index contributed by atoms with van der Waals surface area (Å²) >= 11 is 3.39. The monoisotopic (exact) mass is 311 g/mol. The molecule has 1 aromatic rings. The highest BCUT2D eigenvalue weighted by Crippen LogP contribution is 2.15. The molecule has 1 aliphatic rings. The number of rotatable bonds is 3. The van der Waals surface area contributed by atoms with Crippen molar-refractivity contribution < 1.29 is 4.79 Å². The van der Waals surface area contributed by atoms with E-state index in [2.05, 4.69) is 38.5 Å². The second-order valence-corrected chi connectivity index (χ2v) is 5.38. The predicted molar refractivity (Wildman–Crippen MR) is 75.8 cm³/mol.